The molecule has 1 aliphatic rings. The van der Waals surface area contributed by atoms with Crippen LogP contribution in [0.15, 0.2) is 54.6 Å². The number of hydrogen-bond acceptors (Lipinski definition) is 6. The first-order valence-corrected chi connectivity index (χ1v) is 10.7. The number of benzene rings is 2. The lowest BCUT2D eigenvalue weighted by molar-refractivity contribution is -0.0894. The van der Waals surface area contributed by atoms with Gasteiger partial charge in [-0.2, -0.15) is 0 Å². The zero-order valence-electron chi connectivity index (χ0n) is 17.3. The molecule has 0 unspecified atom stereocenters. The predicted molar refractivity (Wildman–Crippen MR) is 116 cm³/mol. The van der Waals surface area contributed by atoms with Gasteiger partial charge in [-0.25, -0.2) is 0 Å². The summed E-state index contributed by atoms with van der Waals surface area (Å²) >= 11 is 0. The molecule has 3 rings (SSSR count). The molecule has 0 aliphatic carbocycles. The lowest BCUT2D eigenvalue weighted by atomic mass is 10.0. The first-order chi connectivity index (χ1) is 14.5. The van der Waals surface area contributed by atoms with E-state index in [-0.39, 0.29) is 13.1 Å². The Morgan fingerprint density at radius 1 is 0.767 bits per heavy atom. The summed E-state index contributed by atoms with van der Waals surface area (Å²) in [6, 6.07) is 18.7. The topological polar surface area (TPSA) is 93.4 Å². The molecule has 0 radical (unpaired) electrons. The number of hydrogen-bond donors (Lipinski definition) is 4. The maximum Gasteiger partial charge on any atom is 0.110 e. The smallest absolute Gasteiger partial charge is 0.110 e. The van der Waals surface area contributed by atoms with Gasteiger partial charge in [-0.1, -0.05) is 48.5 Å². The molecule has 1 aliphatic heterocycles. The van der Waals surface area contributed by atoms with Crippen molar-refractivity contribution in [2.75, 3.05) is 26.2 Å². The van der Waals surface area contributed by atoms with Crippen molar-refractivity contribution in [2.24, 2.45) is 0 Å². The molecule has 1 heterocycles. The molecule has 30 heavy (non-hydrogen) atoms. The largest absolute Gasteiger partial charge is 0.389 e. The summed E-state index contributed by atoms with van der Waals surface area (Å²) < 4.78 is 5.83. The van der Waals surface area contributed by atoms with E-state index in [1.54, 1.807) is 0 Å². The van der Waals surface area contributed by atoms with Gasteiger partial charge in [0.25, 0.3) is 0 Å². The minimum absolute atomic E-state index is 0.254. The quantitative estimate of drug-likeness (QED) is 0.467. The SMILES string of the molecule is O[C@H]1[C@H](O)[C@@H](O)CN(CCCCCOCc2cccc(-c3ccccc3)c2)C[C@@H]1O. The van der Waals surface area contributed by atoms with Crippen LogP contribution in [0.5, 0.6) is 0 Å². The zero-order valence-corrected chi connectivity index (χ0v) is 17.3. The highest BCUT2D eigenvalue weighted by Gasteiger charge is 2.35. The summed E-state index contributed by atoms with van der Waals surface area (Å²) in [5.41, 5.74) is 3.54. The van der Waals surface area contributed by atoms with Crippen LogP contribution >= 0.6 is 0 Å². The molecule has 0 aromatic heterocycles. The maximum absolute atomic E-state index is 9.91. The van der Waals surface area contributed by atoms with Gasteiger partial charge >= 0.3 is 0 Å². The number of rotatable bonds is 9. The Balaban J connectivity index is 1.33. The van der Waals surface area contributed by atoms with Crippen molar-refractivity contribution >= 4 is 0 Å². The van der Waals surface area contributed by atoms with Crippen molar-refractivity contribution in [1.29, 1.82) is 0 Å². The van der Waals surface area contributed by atoms with Gasteiger partial charge in [0.2, 0.25) is 0 Å². The average Bonchev–Trinajstić information content (AvgIpc) is 2.86. The van der Waals surface area contributed by atoms with Gasteiger partial charge in [-0.3, -0.25) is 4.90 Å². The third kappa shape index (κ3) is 6.60. The monoisotopic (exact) mass is 415 g/mol. The van der Waals surface area contributed by atoms with E-state index in [0.717, 1.165) is 24.8 Å². The minimum Gasteiger partial charge on any atom is -0.389 e. The Morgan fingerprint density at radius 2 is 1.43 bits per heavy atom. The van der Waals surface area contributed by atoms with E-state index in [2.05, 4.69) is 36.4 Å². The molecular formula is C24H33NO5. The summed E-state index contributed by atoms with van der Waals surface area (Å²) in [6.45, 7) is 2.47. The van der Waals surface area contributed by atoms with Crippen molar-refractivity contribution in [3.05, 3.63) is 60.2 Å². The maximum atomic E-state index is 9.91. The van der Waals surface area contributed by atoms with Gasteiger partial charge in [0, 0.05) is 19.7 Å². The summed E-state index contributed by atoms with van der Waals surface area (Å²) in [4.78, 5) is 1.89. The molecule has 2 aromatic rings. The van der Waals surface area contributed by atoms with Crippen LogP contribution in [0, 0.1) is 0 Å². The number of nitrogens with zero attached hydrogens (tertiary/aromatic N) is 1. The molecular weight excluding hydrogens is 382 g/mol. The number of unbranched alkanes of at least 4 members (excludes halogenated alkanes) is 2. The van der Waals surface area contributed by atoms with Gasteiger partial charge in [0.05, 0.1) is 18.8 Å². The van der Waals surface area contributed by atoms with Gasteiger partial charge < -0.3 is 25.2 Å². The number of aliphatic hydroxyl groups is 4. The van der Waals surface area contributed by atoms with E-state index in [9.17, 15) is 20.4 Å². The van der Waals surface area contributed by atoms with Crippen LogP contribution in [0.25, 0.3) is 11.1 Å². The van der Waals surface area contributed by atoms with E-state index in [4.69, 9.17) is 4.74 Å². The highest BCUT2D eigenvalue weighted by molar-refractivity contribution is 5.63. The summed E-state index contributed by atoms with van der Waals surface area (Å²) in [7, 11) is 0. The van der Waals surface area contributed by atoms with Crippen LogP contribution in [0.3, 0.4) is 0 Å². The number of aliphatic hydroxyl groups excluding tert-OH is 4. The van der Waals surface area contributed by atoms with E-state index in [1.807, 2.05) is 23.1 Å². The highest BCUT2D eigenvalue weighted by atomic mass is 16.5. The van der Waals surface area contributed by atoms with Crippen LogP contribution < -0.4 is 0 Å². The number of likely N-dealkylation sites (tertiary alicyclic amines) is 1. The van der Waals surface area contributed by atoms with Gasteiger partial charge in [-0.05, 0) is 48.6 Å². The van der Waals surface area contributed by atoms with E-state index < -0.39 is 24.4 Å². The van der Waals surface area contributed by atoms with Crippen LogP contribution in [-0.4, -0.2) is 76.0 Å². The predicted octanol–water partition coefficient (Wildman–Crippen LogP) is 1.80. The normalized spacial score (nSPS) is 25.2. The molecule has 4 atom stereocenters. The van der Waals surface area contributed by atoms with Crippen LogP contribution in [0.1, 0.15) is 24.8 Å². The Hall–Kier alpha value is -1.80. The second-order valence-electron chi connectivity index (χ2n) is 8.06. The fraction of sp³-hybridized carbons (Fsp3) is 0.500. The first-order valence-electron chi connectivity index (χ1n) is 10.7. The second kappa shape index (κ2) is 11.6. The molecule has 0 bridgehead atoms. The lowest BCUT2D eigenvalue weighted by Gasteiger charge is -2.23. The van der Waals surface area contributed by atoms with Crippen LogP contribution in [0.2, 0.25) is 0 Å². The Bertz CT molecular complexity index is 740. The molecule has 6 heteroatoms. The number of ether oxygens (including phenoxy) is 1. The highest BCUT2D eigenvalue weighted by Crippen LogP contribution is 2.20. The Morgan fingerprint density at radius 3 is 2.13 bits per heavy atom. The molecule has 0 amide bonds. The minimum atomic E-state index is -1.31. The lowest BCUT2D eigenvalue weighted by Crippen LogP contribution is -2.43. The molecule has 1 fully saturated rings. The molecule has 0 saturated carbocycles. The zero-order chi connectivity index (χ0) is 21.3. The Labute approximate surface area is 178 Å². The van der Waals surface area contributed by atoms with Crippen molar-refractivity contribution in [2.45, 2.75) is 50.3 Å². The van der Waals surface area contributed by atoms with Crippen molar-refractivity contribution in [3.8, 4) is 11.1 Å². The molecule has 6 nitrogen and oxygen atoms in total. The van der Waals surface area contributed by atoms with E-state index >= 15 is 0 Å². The summed E-state index contributed by atoms with van der Waals surface area (Å²) in [6.07, 6.45) is -1.91. The molecule has 164 valence electrons. The van der Waals surface area contributed by atoms with Crippen molar-refractivity contribution in [3.63, 3.8) is 0 Å². The average molecular weight is 416 g/mol. The summed E-state index contributed by atoms with van der Waals surface area (Å²) in [5, 5.41) is 39.3. The van der Waals surface area contributed by atoms with Crippen LogP contribution in [0.4, 0.5) is 0 Å². The third-order valence-corrected chi connectivity index (χ3v) is 5.59. The van der Waals surface area contributed by atoms with E-state index in [1.165, 1.54) is 11.1 Å². The second-order valence-corrected chi connectivity index (χ2v) is 8.06. The van der Waals surface area contributed by atoms with Crippen molar-refractivity contribution in [1.82, 2.24) is 4.90 Å². The molecule has 2 aromatic carbocycles. The molecule has 1 saturated heterocycles. The fourth-order valence-corrected chi connectivity index (χ4v) is 3.84. The van der Waals surface area contributed by atoms with Gasteiger partial charge in [0.1, 0.15) is 12.2 Å². The Kier molecular flexibility index (Phi) is 8.81. The number of β-amino-alcohol motifs (C(OH)–C–C–N with tert-alkyl or cyclic N) is 2. The summed E-state index contributed by atoms with van der Waals surface area (Å²) in [5.74, 6) is 0. The first kappa shape index (κ1) is 22.9. The third-order valence-electron chi connectivity index (χ3n) is 5.59. The molecule has 0 spiro atoms. The van der Waals surface area contributed by atoms with E-state index in [0.29, 0.717) is 19.8 Å². The van der Waals surface area contributed by atoms with Gasteiger partial charge in [0.15, 0.2) is 0 Å². The van der Waals surface area contributed by atoms with Gasteiger partial charge in [-0.15, -0.1) is 0 Å². The fourth-order valence-electron chi connectivity index (χ4n) is 3.84. The van der Waals surface area contributed by atoms with Crippen LogP contribution in [-0.2, 0) is 11.3 Å². The molecule has 4 N–H and O–H groups in total. The standard InChI is InChI=1S/C24H33NO5/c26-21-15-25(16-22(27)24(29)23(21)28)12-5-2-6-13-30-17-18-8-7-11-20(14-18)19-9-3-1-4-10-19/h1,3-4,7-11,14,21-24,26-29H,2,5-6,12-13,15-17H2/t21-,22-,23+,24+/m0/s1. The van der Waals surface area contributed by atoms with Crippen molar-refractivity contribution < 1.29 is 25.2 Å².